The van der Waals surface area contributed by atoms with Crippen molar-refractivity contribution in [3.05, 3.63) is 22.7 Å². The number of nitrogen functional groups attached to an aromatic ring is 1. The smallest absolute Gasteiger partial charge is 0.263 e. The first-order valence-corrected chi connectivity index (χ1v) is 7.82. The summed E-state index contributed by atoms with van der Waals surface area (Å²) in [4.78, 5) is 18.1. The van der Waals surface area contributed by atoms with E-state index < -0.39 is 0 Å². The first-order valence-electron chi connectivity index (χ1n) is 7.00. The van der Waals surface area contributed by atoms with Crippen LogP contribution in [0.5, 0.6) is 0 Å². The number of aryl methyl sites for hydroxylation is 1. The van der Waals surface area contributed by atoms with Gasteiger partial charge in [-0.15, -0.1) is 11.3 Å². The van der Waals surface area contributed by atoms with Crippen molar-refractivity contribution >= 4 is 33.1 Å². The number of nitrogens with two attached hydrogens (primary N) is 1. The molecule has 5 heteroatoms. The van der Waals surface area contributed by atoms with Crippen LogP contribution in [0.3, 0.4) is 0 Å². The van der Waals surface area contributed by atoms with Crippen molar-refractivity contribution in [1.82, 2.24) is 10.3 Å². The maximum atomic E-state index is 12.4. The van der Waals surface area contributed by atoms with Crippen molar-refractivity contribution in [3.63, 3.8) is 0 Å². The van der Waals surface area contributed by atoms with E-state index in [-0.39, 0.29) is 11.9 Å². The van der Waals surface area contributed by atoms with Crippen molar-refractivity contribution in [2.24, 2.45) is 5.92 Å². The Balaban J connectivity index is 1.83. The maximum Gasteiger partial charge on any atom is 0.263 e. The van der Waals surface area contributed by atoms with Gasteiger partial charge in [0.25, 0.3) is 5.91 Å². The van der Waals surface area contributed by atoms with Crippen LogP contribution < -0.4 is 11.1 Å². The second kappa shape index (κ2) is 5.05. The second-order valence-electron chi connectivity index (χ2n) is 5.71. The first-order chi connectivity index (χ1) is 9.56. The highest BCUT2D eigenvalue weighted by molar-refractivity contribution is 7.21. The van der Waals surface area contributed by atoms with Gasteiger partial charge < -0.3 is 11.1 Å². The van der Waals surface area contributed by atoms with E-state index in [1.54, 1.807) is 6.20 Å². The zero-order valence-corrected chi connectivity index (χ0v) is 12.6. The molecule has 0 spiro atoms. The van der Waals surface area contributed by atoms with Gasteiger partial charge in [0.2, 0.25) is 0 Å². The van der Waals surface area contributed by atoms with Crippen LogP contribution in [0.15, 0.2) is 12.3 Å². The van der Waals surface area contributed by atoms with Gasteiger partial charge in [-0.25, -0.2) is 4.98 Å². The average Bonchev–Trinajstić information content (AvgIpc) is 3.12. The molecule has 1 aliphatic carbocycles. The van der Waals surface area contributed by atoms with Crippen LogP contribution in [-0.2, 0) is 0 Å². The van der Waals surface area contributed by atoms with Gasteiger partial charge in [0.1, 0.15) is 9.71 Å². The summed E-state index contributed by atoms with van der Waals surface area (Å²) in [5, 5.41) is 3.97. The summed E-state index contributed by atoms with van der Waals surface area (Å²) in [6.07, 6.45) is 5.42. The lowest BCUT2D eigenvalue weighted by atomic mass is 10.1. The van der Waals surface area contributed by atoms with Crippen molar-refractivity contribution in [2.45, 2.75) is 39.2 Å². The number of nitrogens with one attached hydrogen (secondary N) is 1. The largest absolute Gasteiger partial charge is 0.397 e. The summed E-state index contributed by atoms with van der Waals surface area (Å²) in [7, 11) is 0. The van der Waals surface area contributed by atoms with Crippen molar-refractivity contribution in [2.75, 3.05) is 5.73 Å². The summed E-state index contributed by atoms with van der Waals surface area (Å²) < 4.78 is 0. The molecule has 4 nitrogen and oxygen atoms in total. The third-order valence-corrected chi connectivity index (χ3v) is 4.92. The topological polar surface area (TPSA) is 68.0 Å². The molecule has 106 valence electrons. The van der Waals surface area contributed by atoms with Gasteiger partial charge in [-0.2, -0.15) is 0 Å². The van der Waals surface area contributed by atoms with Crippen LogP contribution in [0.25, 0.3) is 10.2 Å². The maximum absolute atomic E-state index is 12.4. The molecule has 3 N–H and O–H groups in total. The summed E-state index contributed by atoms with van der Waals surface area (Å²) >= 11 is 1.37. The molecule has 0 bridgehead atoms. The zero-order valence-electron chi connectivity index (χ0n) is 11.8. The lowest BCUT2D eigenvalue weighted by Crippen LogP contribution is -2.32. The number of hydrogen-bond donors (Lipinski definition) is 2. The lowest BCUT2D eigenvalue weighted by Gasteiger charge is -2.12. The van der Waals surface area contributed by atoms with E-state index in [0.29, 0.717) is 10.6 Å². The Bertz CT molecular complexity index is 660. The molecule has 1 fully saturated rings. The number of thiophene rings is 1. The van der Waals surface area contributed by atoms with Crippen molar-refractivity contribution in [1.29, 1.82) is 0 Å². The Morgan fingerprint density at radius 2 is 2.35 bits per heavy atom. The van der Waals surface area contributed by atoms with E-state index in [2.05, 4.69) is 17.2 Å². The molecular formula is C15H19N3OS. The number of amides is 1. The summed E-state index contributed by atoms with van der Waals surface area (Å²) in [6.45, 7) is 4.05. The number of rotatable bonds is 4. The number of nitrogens with zero attached hydrogens (tertiary/aromatic N) is 1. The van der Waals surface area contributed by atoms with Crippen LogP contribution in [0.1, 0.15) is 41.4 Å². The van der Waals surface area contributed by atoms with E-state index >= 15 is 0 Å². The molecule has 0 radical (unpaired) electrons. The highest BCUT2D eigenvalue weighted by Gasteiger charge is 2.25. The molecule has 2 aromatic rings. The van der Waals surface area contributed by atoms with E-state index in [4.69, 9.17) is 5.73 Å². The van der Waals surface area contributed by atoms with Gasteiger partial charge >= 0.3 is 0 Å². The molecule has 0 saturated heterocycles. The van der Waals surface area contributed by atoms with E-state index in [1.807, 2.05) is 13.0 Å². The molecule has 2 aromatic heterocycles. The fourth-order valence-corrected chi connectivity index (χ4v) is 3.62. The molecule has 1 amide bonds. The number of aromatic nitrogens is 1. The van der Waals surface area contributed by atoms with Gasteiger partial charge in [-0.1, -0.05) is 12.8 Å². The predicted molar refractivity (Wildman–Crippen MR) is 83.0 cm³/mol. The van der Waals surface area contributed by atoms with Gasteiger partial charge in [0.05, 0.1) is 5.69 Å². The normalized spacial score (nSPS) is 16.3. The highest BCUT2D eigenvalue weighted by atomic mass is 32.1. The lowest BCUT2D eigenvalue weighted by molar-refractivity contribution is 0.0942. The molecule has 1 unspecified atom stereocenters. The molecule has 2 heterocycles. The second-order valence-corrected chi connectivity index (χ2v) is 6.71. The zero-order chi connectivity index (χ0) is 14.3. The third kappa shape index (κ3) is 2.50. The van der Waals surface area contributed by atoms with Crippen LogP contribution in [0.2, 0.25) is 0 Å². The molecule has 1 atom stereocenters. The Kier molecular flexibility index (Phi) is 3.38. The number of carbonyl (C=O) groups excluding carboxylic acids is 1. The fourth-order valence-electron chi connectivity index (χ4n) is 2.57. The number of pyridine rings is 1. The molecule has 0 aromatic carbocycles. The minimum absolute atomic E-state index is 0.0712. The van der Waals surface area contributed by atoms with Crippen molar-refractivity contribution in [3.8, 4) is 0 Å². The van der Waals surface area contributed by atoms with E-state index in [0.717, 1.165) is 28.1 Å². The fraction of sp³-hybridized carbons (Fsp3) is 0.467. The van der Waals surface area contributed by atoms with Gasteiger partial charge in [-0.3, -0.25) is 4.79 Å². The predicted octanol–water partition coefficient (Wildman–Crippen LogP) is 3.11. The summed E-state index contributed by atoms with van der Waals surface area (Å²) in [5.41, 5.74) is 7.77. The monoisotopic (exact) mass is 289 g/mol. The molecule has 3 rings (SSSR count). The molecular weight excluding hydrogens is 270 g/mol. The van der Waals surface area contributed by atoms with Gasteiger partial charge in [0, 0.05) is 17.6 Å². The average molecular weight is 289 g/mol. The number of fused-ring (bicyclic) bond motifs is 1. The highest BCUT2D eigenvalue weighted by Crippen LogP contribution is 2.35. The Morgan fingerprint density at radius 3 is 3.00 bits per heavy atom. The van der Waals surface area contributed by atoms with Crippen molar-refractivity contribution < 1.29 is 4.79 Å². The Labute approximate surface area is 122 Å². The van der Waals surface area contributed by atoms with E-state index in [1.165, 1.54) is 24.2 Å². The Morgan fingerprint density at radius 1 is 1.60 bits per heavy atom. The van der Waals surface area contributed by atoms with Crippen LogP contribution >= 0.6 is 11.3 Å². The third-order valence-electron chi connectivity index (χ3n) is 3.80. The molecule has 1 saturated carbocycles. The molecule has 0 aliphatic heterocycles. The summed E-state index contributed by atoms with van der Waals surface area (Å²) in [6, 6.07) is 2.12. The summed E-state index contributed by atoms with van der Waals surface area (Å²) in [5.74, 6) is 0.729. The minimum atomic E-state index is -0.0712. The molecule has 1 aliphatic rings. The van der Waals surface area contributed by atoms with E-state index in [9.17, 15) is 4.79 Å². The standard InChI is InChI=1S/C15H19N3OS/c1-8-5-6-17-15-11(8)12(16)13(20-15)14(19)18-9(2)7-10-3-4-10/h5-6,9-10H,3-4,7,16H2,1-2H3,(H,18,19). The quantitative estimate of drug-likeness (QED) is 0.908. The number of hydrogen-bond acceptors (Lipinski definition) is 4. The van der Waals surface area contributed by atoms with Crippen LogP contribution in [-0.4, -0.2) is 16.9 Å². The Hall–Kier alpha value is -1.62. The number of carbonyl (C=O) groups is 1. The molecule has 20 heavy (non-hydrogen) atoms. The van der Waals surface area contributed by atoms with Gasteiger partial charge in [0.15, 0.2) is 0 Å². The van der Waals surface area contributed by atoms with Gasteiger partial charge in [-0.05, 0) is 37.8 Å². The minimum Gasteiger partial charge on any atom is -0.397 e. The van der Waals surface area contributed by atoms with Crippen LogP contribution in [0.4, 0.5) is 5.69 Å². The van der Waals surface area contributed by atoms with Crippen LogP contribution in [0, 0.1) is 12.8 Å². The SMILES string of the molecule is Cc1ccnc2sc(C(=O)NC(C)CC3CC3)c(N)c12. The number of anilines is 1. The first kappa shape index (κ1) is 13.4.